The van der Waals surface area contributed by atoms with Crippen molar-refractivity contribution in [3.8, 4) is 17.2 Å². The number of methoxy groups -OCH3 is 3. The molecule has 0 aromatic heterocycles. The van der Waals surface area contributed by atoms with Crippen molar-refractivity contribution in [2.45, 2.75) is 45.2 Å². The van der Waals surface area contributed by atoms with Gasteiger partial charge in [0.1, 0.15) is 32.7 Å². The minimum atomic E-state index is 0.675. The SMILES string of the molecule is COc1cc(C[NH+]2CC[NH+]([C@H]3CCC[C@@H](C)C3)CC2)cc(OC)c1OC. The Kier molecular flexibility index (Phi) is 6.65. The first-order valence-electron chi connectivity index (χ1n) is 10.1. The maximum absolute atomic E-state index is 5.50. The molecule has 1 saturated carbocycles. The van der Waals surface area contributed by atoms with Gasteiger partial charge in [0.15, 0.2) is 11.5 Å². The van der Waals surface area contributed by atoms with E-state index in [2.05, 4.69) is 19.1 Å². The number of piperazine rings is 1. The molecule has 1 aromatic rings. The predicted octanol–water partition coefficient (Wildman–Crippen LogP) is 0.575. The molecule has 0 unspecified atom stereocenters. The van der Waals surface area contributed by atoms with E-state index in [1.165, 1.54) is 57.4 Å². The van der Waals surface area contributed by atoms with Crippen LogP contribution in [-0.4, -0.2) is 53.6 Å². The molecule has 26 heavy (non-hydrogen) atoms. The van der Waals surface area contributed by atoms with E-state index >= 15 is 0 Å². The van der Waals surface area contributed by atoms with E-state index < -0.39 is 0 Å². The van der Waals surface area contributed by atoms with Crippen LogP contribution in [0.2, 0.25) is 0 Å². The fraction of sp³-hybridized carbons (Fsp3) is 0.714. The zero-order valence-electron chi connectivity index (χ0n) is 16.9. The Morgan fingerprint density at radius 3 is 2.12 bits per heavy atom. The van der Waals surface area contributed by atoms with Crippen LogP contribution in [0.1, 0.15) is 38.2 Å². The van der Waals surface area contributed by atoms with Gasteiger partial charge in [-0.1, -0.05) is 13.3 Å². The van der Waals surface area contributed by atoms with Gasteiger partial charge < -0.3 is 24.0 Å². The maximum Gasteiger partial charge on any atom is 0.203 e. The van der Waals surface area contributed by atoms with Gasteiger partial charge in [-0.05, 0) is 30.9 Å². The Morgan fingerprint density at radius 2 is 1.58 bits per heavy atom. The topological polar surface area (TPSA) is 36.6 Å². The fourth-order valence-electron chi connectivity index (χ4n) is 4.84. The Hall–Kier alpha value is -1.46. The first-order chi connectivity index (χ1) is 12.6. The Balaban J connectivity index is 1.59. The number of hydrogen-bond acceptors (Lipinski definition) is 3. The van der Waals surface area contributed by atoms with Crippen LogP contribution in [0.25, 0.3) is 0 Å². The van der Waals surface area contributed by atoms with Crippen LogP contribution < -0.4 is 24.0 Å². The Labute approximate surface area is 158 Å². The number of rotatable bonds is 6. The molecule has 2 atom stereocenters. The summed E-state index contributed by atoms with van der Waals surface area (Å²) >= 11 is 0. The molecule has 1 aliphatic carbocycles. The van der Waals surface area contributed by atoms with Crippen LogP contribution in [0, 0.1) is 5.92 Å². The third kappa shape index (κ3) is 4.44. The summed E-state index contributed by atoms with van der Waals surface area (Å²) in [6.45, 7) is 8.55. The van der Waals surface area contributed by atoms with Crippen molar-refractivity contribution in [3.63, 3.8) is 0 Å². The summed E-state index contributed by atoms with van der Waals surface area (Å²) in [4.78, 5) is 3.51. The van der Waals surface area contributed by atoms with Gasteiger partial charge in [-0.15, -0.1) is 0 Å². The van der Waals surface area contributed by atoms with E-state index in [9.17, 15) is 0 Å². The van der Waals surface area contributed by atoms with Gasteiger partial charge in [-0.2, -0.15) is 0 Å². The van der Waals surface area contributed by atoms with Crippen molar-refractivity contribution in [1.29, 1.82) is 0 Å². The van der Waals surface area contributed by atoms with Crippen LogP contribution in [0.5, 0.6) is 17.2 Å². The maximum atomic E-state index is 5.50. The zero-order chi connectivity index (χ0) is 18.5. The molecule has 3 rings (SSSR count). The third-order valence-electron chi connectivity index (χ3n) is 6.29. The molecule has 0 spiro atoms. The quantitative estimate of drug-likeness (QED) is 0.775. The van der Waals surface area contributed by atoms with Crippen molar-refractivity contribution < 1.29 is 24.0 Å². The summed E-state index contributed by atoms with van der Waals surface area (Å²) in [5.41, 5.74) is 1.25. The molecule has 0 bridgehead atoms. The highest BCUT2D eigenvalue weighted by molar-refractivity contribution is 5.53. The number of ether oxygens (including phenoxy) is 3. The van der Waals surface area contributed by atoms with Crippen LogP contribution in [0.3, 0.4) is 0 Å². The smallest absolute Gasteiger partial charge is 0.203 e. The molecule has 0 radical (unpaired) electrons. The molecule has 2 fully saturated rings. The van der Waals surface area contributed by atoms with Gasteiger partial charge in [-0.25, -0.2) is 0 Å². The molecule has 5 heteroatoms. The highest BCUT2D eigenvalue weighted by Crippen LogP contribution is 2.37. The van der Waals surface area contributed by atoms with E-state index in [1.54, 1.807) is 26.2 Å². The lowest BCUT2D eigenvalue weighted by Crippen LogP contribution is -3.29. The van der Waals surface area contributed by atoms with Crippen LogP contribution in [0.15, 0.2) is 12.1 Å². The fourth-order valence-corrected chi connectivity index (χ4v) is 4.84. The minimum Gasteiger partial charge on any atom is -0.493 e. The second-order valence-corrected chi connectivity index (χ2v) is 8.09. The van der Waals surface area contributed by atoms with Crippen molar-refractivity contribution >= 4 is 0 Å². The lowest BCUT2D eigenvalue weighted by Gasteiger charge is -2.37. The van der Waals surface area contributed by atoms with Crippen molar-refractivity contribution in [2.75, 3.05) is 47.5 Å². The molecule has 2 aliphatic rings. The van der Waals surface area contributed by atoms with Gasteiger partial charge >= 0.3 is 0 Å². The standard InChI is InChI=1S/C21H34N2O3/c1-16-6-5-7-18(12-16)23-10-8-22(9-11-23)15-17-13-19(24-2)21(26-4)20(14-17)25-3/h13-14,16,18H,5-12,15H2,1-4H3/p+2/t16-,18+/m1/s1. The monoisotopic (exact) mass is 364 g/mol. The molecule has 1 aliphatic heterocycles. The van der Waals surface area contributed by atoms with Crippen LogP contribution >= 0.6 is 0 Å². The number of hydrogen-bond donors (Lipinski definition) is 2. The van der Waals surface area contributed by atoms with Crippen molar-refractivity contribution in [1.82, 2.24) is 0 Å². The van der Waals surface area contributed by atoms with E-state index in [1.807, 2.05) is 4.90 Å². The zero-order valence-corrected chi connectivity index (χ0v) is 16.9. The third-order valence-corrected chi connectivity index (χ3v) is 6.29. The molecular formula is C21H36N2O3+2. The first-order valence-corrected chi connectivity index (χ1v) is 10.1. The molecular weight excluding hydrogens is 328 g/mol. The summed E-state index contributed by atoms with van der Waals surface area (Å²) in [5.74, 6) is 3.10. The lowest BCUT2D eigenvalue weighted by molar-refractivity contribution is -1.03. The number of benzene rings is 1. The number of nitrogens with one attached hydrogen (secondary N) is 2. The molecule has 0 amide bonds. The summed E-state index contributed by atoms with van der Waals surface area (Å²) in [6, 6.07) is 5.09. The highest BCUT2D eigenvalue weighted by Gasteiger charge is 2.32. The summed E-state index contributed by atoms with van der Waals surface area (Å²) < 4.78 is 16.4. The van der Waals surface area contributed by atoms with Crippen LogP contribution in [0.4, 0.5) is 0 Å². The van der Waals surface area contributed by atoms with E-state index in [0.29, 0.717) is 5.75 Å². The second kappa shape index (κ2) is 8.96. The first kappa shape index (κ1) is 19.3. The average molecular weight is 365 g/mol. The van der Waals surface area contributed by atoms with Gasteiger partial charge in [-0.3, -0.25) is 0 Å². The largest absolute Gasteiger partial charge is 0.493 e. The van der Waals surface area contributed by atoms with Gasteiger partial charge in [0, 0.05) is 12.0 Å². The summed E-state index contributed by atoms with van der Waals surface area (Å²) in [7, 11) is 5.02. The summed E-state index contributed by atoms with van der Waals surface area (Å²) in [5, 5.41) is 0. The molecule has 2 N–H and O–H groups in total. The molecule has 1 aromatic carbocycles. The average Bonchev–Trinajstić information content (AvgIpc) is 2.67. The van der Waals surface area contributed by atoms with Crippen molar-refractivity contribution in [2.24, 2.45) is 5.92 Å². The molecule has 146 valence electrons. The number of quaternary nitrogens is 2. The van der Waals surface area contributed by atoms with Crippen molar-refractivity contribution in [3.05, 3.63) is 17.7 Å². The Bertz CT molecular complexity index is 560. The summed E-state index contributed by atoms with van der Waals surface area (Å²) in [6.07, 6.45) is 5.72. The highest BCUT2D eigenvalue weighted by atomic mass is 16.5. The molecule has 5 nitrogen and oxygen atoms in total. The Morgan fingerprint density at radius 1 is 0.923 bits per heavy atom. The van der Waals surface area contributed by atoms with Crippen LogP contribution in [-0.2, 0) is 6.54 Å². The predicted molar refractivity (Wildman–Crippen MR) is 103 cm³/mol. The molecule has 1 heterocycles. The minimum absolute atomic E-state index is 0.675. The van der Waals surface area contributed by atoms with Gasteiger partial charge in [0.05, 0.1) is 27.4 Å². The van der Waals surface area contributed by atoms with E-state index in [0.717, 1.165) is 30.0 Å². The normalized spacial score (nSPS) is 29.2. The van der Waals surface area contributed by atoms with E-state index in [-0.39, 0.29) is 0 Å². The van der Waals surface area contributed by atoms with E-state index in [4.69, 9.17) is 14.2 Å². The lowest BCUT2D eigenvalue weighted by atomic mass is 9.86. The van der Waals surface area contributed by atoms with Gasteiger partial charge in [0.25, 0.3) is 0 Å². The second-order valence-electron chi connectivity index (χ2n) is 8.09. The molecule has 1 saturated heterocycles. The van der Waals surface area contributed by atoms with Gasteiger partial charge in [0.2, 0.25) is 5.75 Å².